The molecule has 0 radical (unpaired) electrons. The van der Waals surface area contributed by atoms with Gasteiger partial charge in [-0.05, 0) is 68.6 Å². The molecule has 2 amide bonds. The molecule has 7 heteroatoms. The smallest absolute Gasteiger partial charge is 0.260 e. The van der Waals surface area contributed by atoms with Crippen molar-refractivity contribution >= 4 is 29.1 Å². The van der Waals surface area contributed by atoms with E-state index < -0.39 is 0 Å². The number of halogens is 1. The monoisotopic (exact) mass is 466 g/mol. The predicted molar refractivity (Wildman–Crippen MR) is 131 cm³/mol. The molecule has 1 atom stereocenters. The van der Waals surface area contributed by atoms with Crippen LogP contribution in [-0.4, -0.2) is 66.9 Å². The standard InChI is InChI=1S/C26H31ClN4O2/c1-18(19-8-10-28-11-9-19)29-12-14-30(15-13-29)25(32)20-4-2-6-22(16-20)31-17-21-5-3-7-23(27)24(21)26(31)33/h2-7,16,18-19,28H,8-15,17H2,1H3. The molecule has 5 rings (SSSR count). The molecule has 0 aliphatic carbocycles. The normalized spacial score (nSPS) is 20.7. The summed E-state index contributed by atoms with van der Waals surface area (Å²) in [7, 11) is 0. The number of rotatable bonds is 4. The van der Waals surface area contributed by atoms with Gasteiger partial charge in [0.15, 0.2) is 0 Å². The van der Waals surface area contributed by atoms with Crippen molar-refractivity contribution in [3.05, 3.63) is 64.2 Å². The quantitative estimate of drug-likeness (QED) is 0.747. The number of carbonyl (C=O) groups is 2. The molecule has 0 saturated carbocycles. The van der Waals surface area contributed by atoms with Crippen LogP contribution in [0, 0.1) is 5.92 Å². The molecule has 3 aliphatic heterocycles. The summed E-state index contributed by atoms with van der Waals surface area (Å²) in [4.78, 5) is 32.4. The van der Waals surface area contributed by atoms with Gasteiger partial charge in [0.2, 0.25) is 0 Å². The van der Waals surface area contributed by atoms with E-state index in [0.717, 1.165) is 56.4 Å². The SMILES string of the molecule is CC(C1CCNCC1)N1CCN(C(=O)c2cccc(N3Cc4cccc(Cl)c4C3=O)c2)CC1. The van der Waals surface area contributed by atoms with E-state index in [-0.39, 0.29) is 11.8 Å². The second kappa shape index (κ2) is 9.45. The van der Waals surface area contributed by atoms with Gasteiger partial charge in [0, 0.05) is 43.5 Å². The van der Waals surface area contributed by atoms with Gasteiger partial charge in [0.25, 0.3) is 11.8 Å². The second-order valence-corrected chi connectivity index (χ2v) is 9.78. The molecular formula is C26H31ClN4O2. The lowest BCUT2D eigenvalue weighted by Crippen LogP contribution is -2.53. The van der Waals surface area contributed by atoms with E-state index in [2.05, 4.69) is 17.1 Å². The van der Waals surface area contributed by atoms with Crippen LogP contribution in [0.5, 0.6) is 0 Å². The van der Waals surface area contributed by atoms with Crippen LogP contribution in [-0.2, 0) is 6.54 Å². The number of piperidine rings is 1. The zero-order chi connectivity index (χ0) is 22.9. The number of carbonyl (C=O) groups excluding carboxylic acids is 2. The van der Waals surface area contributed by atoms with Crippen LogP contribution >= 0.6 is 11.6 Å². The third kappa shape index (κ3) is 4.39. The summed E-state index contributed by atoms with van der Waals surface area (Å²) in [5.41, 5.74) is 2.84. The van der Waals surface area contributed by atoms with Crippen LogP contribution < -0.4 is 10.2 Å². The number of amides is 2. The molecule has 3 aliphatic rings. The zero-order valence-electron chi connectivity index (χ0n) is 19.1. The van der Waals surface area contributed by atoms with Crippen LogP contribution in [0.4, 0.5) is 5.69 Å². The molecule has 174 valence electrons. The van der Waals surface area contributed by atoms with Gasteiger partial charge in [0.05, 0.1) is 17.1 Å². The molecule has 3 heterocycles. The Morgan fingerprint density at radius 1 is 1.06 bits per heavy atom. The van der Waals surface area contributed by atoms with Gasteiger partial charge in [-0.25, -0.2) is 0 Å². The van der Waals surface area contributed by atoms with E-state index in [1.807, 2.05) is 41.3 Å². The minimum Gasteiger partial charge on any atom is -0.336 e. The minimum absolute atomic E-state index is 0.0354. The van der Waals surface area contributed by atoms with Crippen molar-refractivity contribution in [3.8, 4) is 0 Å². The van der Waals surface area contributed by atoms with Gasteiger partial charge in [-0.2, -0.15) is 0 Å². The van der Waals surface area contributed by atoms with Gasteiger partial charge in [0.1, 0.15) is 0 Å². The highest BCUT2D eigenvalue weighted by atomic mass is 35.5. The molecular weight excluding hydrogens is 436 g/mol. The van der Waals surface area contributed by atoms with Gasteiger partial charge in [-0.1, -0.05) is 29.8 Å². The van der Waals surface area contributed by atoms with Crippen LogP contribution in [0.15, 0.2) is 42.5 Å². The van der Waals surface area contributed by atoms with Gasteiger partial charge >= 0.3 is 0 Å². The molecule has 0 aromatic heterocycles. The number of fused-ring (bicyclic) bond motifs is 1. The molecule has 1 N–H and O–H groups in total. The molecule has 2 saturated heterocycles. The zero-order valence-corrected chi connectivity index (χ0v) is 19.9. The molecule has 2 aromatic carbocycles. The first kappa shape index (κ1) is 22.4. The first-order chi connectivity index (χ1) is 16.0. The topological polar surface area (TPSA) is 55.9 Å². The molecule has 6 nitrogen and oxygen atoms in total. The molecule has 2 aromatic rings. The first-order valence-electron chi connectivity index (χ1n) is 12.0. The lowest BCUT2D eigenvalue weighted by molar-refractivity contribution is 0.0488. The summed E-state index contributed by atoms with van der Waals surface area (Å²) in [5.74, 6) is 0.662. The first-order valence-corrected chi connectivity index (χ1v) is 12.3. The summed E-state index contributed by atoms with van der Waals surface area (Å²) in [6, 6.07) is 13.5. The van der Waals surface area contributed by atoms with Gasteiger partial charge in [-0.3, -0.25) is 14.5 Å². The van der Waals surface area contributed by atoms with Crippen molar-refractivity contribution in [2.45, 2.75) is 32.4 Å². The van der Waals surface area contributed by atoms with Crippen LogP contribution in [0.3, 0.4) is 0 Å². The van der Waals surface area contributed by atoms with E-state index in [1.54, 1.807) is 11.0 Å². The molecule has 1 unspecified atom stereocenters. The summed E-state index contributed by atoms with van der Waals surface area (Å²) in [6.45, 7) is 8.34. The Bertz CT molecular complexity index is 1040. The number of hydrogen-bond donors (Lipinski definition) is 1. The number of benzene rings is 2. The van der Waals surface area contributed by atoms with Crippen molar-refractivity contribution in [3.63, 3.8) is 0 Å². The Kier molecular flexibility index (Phi) is 6.41. The van der Waals surface area contributed by atoms with Crippen molar-refractivity contribution in [1.29, 1.82) is 0 Å². The maximum Gasteiger partial charge on any atom is 0.260 e. The Labute approximate surface area is 200 Å². The van der Waals surface area contributed by atoms with E-state index in [4.69, 9.17) is 11.6 Å². The predicted octanol–water partition coefficient (Wildman–Crippen LogP) is 3.65. The van der Waals surface area contributed by atoms with Crippen LogP contribution in [0.1, 0.15) is 46.0 Å². The van der Waals surface area contributed by atoms with Crippen LogP contribution in [0.25, 0.3) is 0 Å². The number of hydrogen-bond acceptors (Lipinski definition) is 4. The highest BCUT2D eigenvalue weighted by molar-refractivity contribution is 6.35. The lowest BCUT2D eigenvalue weighted by Gasteiger charge is -2.42. The van der Waals surface area contributed by atoms with Crippen LogP contribution in [0.2, 0.25) is 5.02 Å². The Balaban J connectivity index is 1.24. The lowest BCUT2D eigenvalue weighted by atomic mass is 9.90. The highest BCUT2D eigenvalue weighted by Gasteiger charge is 2.32. The second-order valence-electron chi connectivity index (χ2n) is 9.37. The fraction of sp³-hybridized carbons (Fsp3) is 0.462. The van der Waals surface area contributed by atoms with Crippen molar-refractivity contribution < 1.29 is 9.59 Å². The molecule has 33 heavy (non-hydrogen) atoms. The van der Waals surface area contributed by atoms with E-state index in [0.29, 0.717) is 28.7 Å². The third-order valence-electron chi connectivity index (χ3n) is 7.54. The maximum atomic E-state index is 13.3. The fourth-order valence-corrected chi connectivity index (χ4v) is 5.75. The summed E-state index contributed by atoms with van der Waals surface area (Å²) in [6.07, 6.45) is 2.47. The summed E-state index contributed by atoms with van der Waals surface area (Å²) in [5, 5.41) is 3.92. The maximum absolute atomic E-state index is 13.3. The summed E-state index contributed by atoms with van der Waals surface area (Å²) >= 11 is 6.27. The average molecular weight is 467 g/mol. The van der Waals surface area contributed by atoms with Crippen molar-refractivity contribution in [1.82, 2.24) is 15.1 Å². The number of nitrogens with one attached hydrogen (secondary N) is 1. The van der Waals surface area contributed by atoms with E-state index >= 15 is 0 Å². The van der Waals surface area contributed by atoms with Gasteiger partial charge < -0.3 is 15.1 Å². The summed E-state index contributed by atoms with van der Waals surface area (Å²) < 4.78 is 0. The molecule has 0 spiro atoms. The Morgan fingerprint density at radius 3 is 2.52 bits per heavy atom. The number of anilines is 1. The van der Waals surface area contributed by atoms with Gasteiger partial charge in [-0.15, -0.1) is 0 Å². The Morgan fingerprint density at radius 2 is 1.79 bits per heavy atom. The fourth-order valence-electron chi connectivity index (χ4n) is 5.47. The van der Waals surface area contributed by atoms with Crippen molar-refractivity contribution in [2.75, 3.05) is 44.2 Å². The Hall–Kier alpha value is -2.41. The largest absolute Gasteiger partial charge is 0.336 e. The number of nitrogens with zero attached hydrogens (tertiary/aromatic N) is 3. The van der Waals surface area contributed by atoms with E-state index in [9.17, 15) is 9.59 Å². The third-order valence-corrected chi connectivity index (χ3v) is 7.85. The minimum atomic E-state index is -0.110. The number of piperazine rings is 1. The molecule has 0 bridgehead atoms. The van der Waals surface area contributed by atoms with Crippen molar-refractivity contribution in [2.24, 2.45) is 5.92 Å². The highest BCUT2D eigenvalue weighted by Crippen LogP contribution is 2.33. The van der Waals surface area contributed by atoms with E-state index in [1.165, 1.54) is 12.8 Å². The average Bonchev–Trinajstić information content (AvgIpc) is 3.21. The molecule has 2 fully saturated rings.